The van der Waals surface area contributed by atoms with Crippen LogP contribution in [0.15, 0.2) is 67.0 Å². The van der Waals surface area contributed by atoms with E-state index in [2.05, 4.69) is 30.7 Å². The van der Waals surface area contributed by atoms with E-state index in [1.54, 1.807) is 13.2 Å². The molecule has 0 saturated carbocycles. The molecule has 0 fully saturated rings. The molecule has 0 radical (unpaired) electrons. The summed E-state index contributed by atoms with van der Waals surface area (Å²) in [7, 11) is 1.61. The molecule has 28 heavy (non-hydrogen) atoms. The SMILES string of the molecule is COc1cccc(Nc2nc(N)n(-c3cc(Nc4ccccc4)ncn3)n2)c1. The first-order valence-corrected chi connectivity index (χ1v) is 8.49. The maximum atomic E-state index is 6.03. The third-order valence-corrected chi connectivity index (χ3v) is 3.87. The van der Waals surface area contributed by atoms with Gasteiger partial charge in [0.15, 0.2) is 5.82 Å². The molecule has 4 N–H and O–H groups in total. The van der Waals surface area contributed by atoms with E-state index in [-0.39, 0.29) is 5.95 Å². The highest BCUT2D eigenvalue weighted by Crippen LogP contribution is 2.21. The highest BCUT2D eigenvalue weighted by molar-refractivity contribution is 5.59. The van der Waals surface area contributed by atoms with E-state index in [1.807, 2.05) is 54.6 Å². The van der Waals surface area contributed by atoms with Crippen molar-refractivity contribution >= 4 is 29.1 Å². The lowest BCUT2D eigenvalue weighted by atomic mass is 10.3. The summed E-state index contributed by atoms with van der Waals surface area (Å²) in [6, 6.07) is 18.9. The molecule has 2 heterocycles. The minimum atomic E-state index is 0.203. The number of para-hydroxylation sites is 1. The number of nitrogens with one attached hydrogen (secondary N) is 2. The Balaban J connectivity index is 1.57. The molecule has 4 rings (SSSR count). The first kappa shape index (κ1) is 17.3. The molecule has 0 aliphatic carbocycles. The number of rotatable bonds is 6. The van der Waals surface area contributed by atoms with Gasteiger partial charge in [0.05, 0.1) is 7.11 Å². The van der Waals surface area contributed by atoms with Gasteiger partial charge in [-0.3, -0.25) is 0 Å². The van der Waals surface area contributed by atoms with Gasteiger partial charge in [-0.25, -0.2) is 9.97 Å². The summed E-state index contributed by atoms with van der Waals surface area (Å²) in [5.41, 5.74) is 7.73. The van der Waals surface area contributed by atoms with Gasteiger partial charge in [-0.05, 0) is 24.3 Å². The van der Waals surface area contributed by atoms with Crippen LogP contribution < -0.4 is 21.1 Å². The molecule has 0 saturated heterocycles. The smallest absolute Gasteiger partial charge is 0.248 e. The van der Waals surface area contributed by atoms with Crippen molar-refractivity contribution in [3.8, 4) is 11.6 Å². The number of methoxy groups -OCH3 is 1. The molecule has 0 spiro atoms. The van der Waals surface area contributed by atoms with Crippen LogP contribution in [0.3, 0.4) is 0 Å². The van der Waals surface area contributed by atoms with Crippen molar-refractivity contribution in [3.05, 3.63) is 67.0 Å². The predicted octanol–water partition coefficient (Wildman–Crippen LogP) is 3.14. The number of hydrogen-bond acceptors (Lipinski definition) is 8. The van der Waals surface area contributed by atoms with Crippen LogP contribution in [0.4, 0.5) is 29.1 Å². The standard InChI is InChI=1S/C19H18N8O/c1-28-15-9-5-8-14(10-15)24-19-25-18(20)27(26-19)17-11-16(21-12-22-17)23-13-6-3-2-4-7-13/h2-12H,1H3,(H,21,22,23)(H3,20,24,25,26). The summed E-state index contributed by atoms with van der Waals surface area (Å²) >= 11 is 0. The van der Waals surface area contributed by atoms with Gasteiger partial charge in [0, 0.05) is 23.5 Å². The Bertz CT molecular complexity index is 1080. The van der Waals surface area contributed by atoms with Gasteiger partial charge in [-0.15, -0.1) is 5.10 Å². The Hall–Kier alpha value is -4.14. The summed E-state index contributed by atoms with van der Waals surface area (Å²) in [6.07, 6.45) is 1.44. The molecule has 0 atom stereocenters. The van der Waals surface area contributed by atoms with E-state index in [4.69, 9.17) is 10.5 Å². The Labute approximate surface area is 161 Å². The number of nitrogens with zero attached hydrogens (tertiary/aromatic N) is 5. The quantitative estimate of drug-likeness (QED) is 0.471. The van der Waals surface area contributed by atoms with Crippen LogP contribution in [0, 0.1) is 0 Å². The summed E-state index contributed by atoms with van der Waals surface area (Å²) in [6.45, 7) is 0. The highest BCUT2D eigenvalue weighted by Gasteiger charge is 2.11. The molecular weight excluding hydrogens is 356 g/mol. The number of anilines is 5. The van der Waals surface area contributed by atoms with E-state index < -0.39 is 0 Å². The van der Waals surface area contributed by atoms with Gasteiger partial charge < -0.3 is 21.1 Å². The van der Waals surface area contributed by atoms with Gasteiger partial charge in [0.2, 0.25) is 11.9 Å². The zero-order valence-electron chi connectivity index (χ0n) is 15.1. The van der Waals surface area contributed by atoms with Crippen molar-refractivity contribution in [2.24, 2.45) is 0 Å². The number of nitrogens with two attached hydrogens (primary N) is 1. The molecular formula is C19H18N8O. The second-order valence-corrected chi connectivity index (χ2v) is 5.81. The third kappa shape index (κ3) is 3.83. The number of ether oxygens (including phenoxy) is 1. The minimum Gasteiger partial charge on any atom is -0.497 e. The van der Waals surface area contributed by atoms with Crippen molar-refractivity contribution < 1.29 is 4.74 Å². The Kier molecular flexibility index (Phi) is 4.70. The first-order chi connectivity index (χ1) is 13.7. The molecule has 0 aliphatic rings. The van der Waals surface area contributed by atoms with E-state index >= 15 is 0 Å². The normalized spacial score (nSPS) is 10.5. The van der Waals surface area contributed by atoms with Gasteiger partial charge in [-0.2, -0.15) is 9.67 Å². The molecule has 140 valence electrons. The zero-order valence-corrected chi connectivity index (χ0v) is 15.1. The molecule has 9 nitrogen and oxygen atoms in total. The van der Waals surface area contributed by atoms with Crippen molar-refractivity contribution in [1.29, 1.82) is 0 Å². The fourth-order valence-electron chi connectivity index (χ4n) is 2.58. The predicted molar refractivity (Wildman–Crippen MR) is 107 cm³/mol. The van der Waals surface area contributed by atoms with Crippen LogP contribution in [0.5, 0.6) is 5.75 Å². The topological polar surface area (TPSA) is 116 Å². The van der Waals surface area contributed by atoms with Crippen LogP contribution in [0.2, 0.25) is 0 Å². The fraction of sp³-hybridized carbons (Fsp3) is 0.0526. The molecule has 0 bridgehead atoms. The van der Waals surface area contributed by atoms with Crippen LogP contribution >= 0.6 is 0 Å². The molecule has 9 heteroatoms. The zero-order chi connectivity index (χ0) is 19.3. The van der Waals surface area contributed by atoms with E-state index in [0.717, 1.165) is 17.1 Å². The van der Waals surface area contributed by atoms with E-state index in [9.17, 15) is 0 Å². The Morgan fingerprint density at radius 1 is 0.929 bits per heavy atom. The van der Waals surface area contributed by atoms with Crippen molar-refractivity contribution in [2.75, 3.05) is 23.5 Å². The fourth-order valence-corrected chi connectivity index (χ4v) is 2.58. The molecule has 0 aliphatic heterocycles. The van der Waals surface area contributed by atoms with Gasteiger partial charge in [-0.1, -0.05) is 24.3 Å². The average Bonchev–Trinajstić information content (AvgIpc) is 3.09. The van der Waals surface area contributed by atoms with E-state index in [0.29, 0.717) is 17.6 Å². The third-order valence-electron chi connectivity index (χ3n) is 3.87. The molecule has 2 aromatic carbocycles. The van der Waals surface area contributed by atoms with Crippen molar-refractivity contribution in [2.45, 2.75) is 0 Å². The molecule has 0 unspecified atom stereocenters. The number of hydrogen-bond donors (Lipinski definition) is 3. The first-order valence-electron chi connectivity index (χ1n) is 8.49. The summed E-state index contributed by atoms with van der Waals surface area (Å²) < 4.78 is 6.66. The average molecular weight is 374 g/mol. The Morgan fingerprint density at radius 2 is 1.75 bits per heavy atom. The van der Waals surface area contributed by atoms with Crippen LogP contribution in [0.25, 0.3) is 5.82 Å². The van der Waals surface area contributed by atoms with Gasteiger partial charge in [0.25, 0.3) is 0 Å². The number of aromatic nitrogens is 5. The summed E-state index contributed by atoms with van der Waals surface area (Å²) in [4.78, 5) is 12.7. The van der Waals surface area contributed by atoms with Crippen LogP contribution in [-0.2, 0) is 0 Å². The van der Waals surface area contributed by atoms with Crippen molar-refractivity contribution in [3.63, 3.8) is 0 Å². The summed E-state index contributed by atoms with van der Waals surface area (Å²) in [5, 5.41) is 10.7. The van der Waals surface area contributed by atoms with Crippen molar-refractivity contribution in [1.82, 2.24) is 24.7 Å². The Morgan fingerprint density at radius 3 is 2.57 bits per heavy atom. The molecule has 0 amide bonds. The minimum absolute atomic E-state index is 0.203. The highest BCUT2D eigenvalue weighted by atomic mass is 16.5. The van der Waals surface area contributed by atoms with Crippen LogP contribution in [0.1, 0.15) is 0 Å². The van der Waals surface area contributed by atoms with Gasteiger partial charge >= 0.3 is 0 Å². The second-order valence-electron chi connectivity index (χ2n) is 5.81. The maximum absolute atomic E-state index is 6.03. The number of nitrogen functional groups attached to an aromatic ring is 1. The molecule has 2 aromatic heterocycles. The lowest BCUT2D eigenvalue weighted by Gasteiger charge is -2.07. The lowest BCUT2D eigenvalue weighted by molar-refractivity contribution is 0.415. The largest absolute Gasteiger partial charge is 0.497 e. The second kappa shape index (κ2) is 7.62. The van der Waals surface area contributed by atoms with Gasteiger partial charge in [0.1, 0.15) is 17.9 Å². The lowest BCUT2D eigenvalue weighted by Crippen LogP contribution is -2.06. The maximum Gasteiger partial charge on any atom is 0.248 e. The summed E-state index contributed by atoms with van der Waals surface area (Å²) in [5.74, 6) is 2.40. The monoisotopic (exact) mass is 374 g/mol. The van der Waals surface area contributed by atoms with Crippen LogP contribution in [-0.4, -0.2) is 31.8 Å². The van der Waals surface area contributed by atoms with E-state index in [1.165, 1.54) is 11.0 Å². The molecule has 4 aromatic rings. The number of benzene rings is 2.